The number of fused-ring (bicyclic) bond motifs is 1. The summed E-state index contributed by atoms with van der Waals surface area (Å²) < 4.78 is 11.4. The number of nitro groups is 1. The highest BCUT2D eigenvalue weighted by molar-refractivity contribution is 8.00. The number of hydrogen-bond donors (Lipinski definition) is 1. The normalized spacial score (nSPS) is 22.8. The largest absolute Gasteiger partial charge is 0.456 e. The first-order valence-electron chi connectivity index (χ1n) is 12.0. The fourth-order valence-corrected chi connectivity index (χ4v) is 6.08. The van der Waals surface area contributed by atoms with Crippen molar-refractivity contribution in [3.63, 3.8) is 0 Å². The van der Waals surface area contributed by atoms with Crippen molar-refractivity contribution < 1.29 is 28.8 Å². The smallest absolute Gasteiger partial charge is 0.355 e. The van der Waals surface area contributed by atoms with Gasteiger partial charge in [-0.3, -0.25) is 24.6 Å². The average Bonchev–Trinajstić information content (AvgIpc) is 3.45. The zero-order valence-corrected chi connectivity index (χ0v) is 20.6. The van der Waals surface area contributed by atoms with Crippen molar-refractivity contribution in [1.29, 1.82) is 0 Å². The Balaban J connectivity index is 1.30. The first-order valence-corrected chi connectivity index (χ1v) is 13.0. The maximum atomic E-state index is 13.3. The van der Waals surface area contributed by atoms with Gasteiger partial charge in [-0.15, -0.1) is 11.8 Å². The molecule has 2 aromatic rings. The van der Waals surface area contributed by atoms with E-state index >= 15 is 0 Å². The first-order chi connectivity index (χ1) is 17.9. The van der Waals surface area contributed by atoms with E-state index in [4.69, 9.17) is 9.47 Å². The molecule has 0 aromatic heterocycles. The number of carbonyl (C=O) groups is 3. The number of ether oxygens (including phenoxy) is 2. The van der Waals surface area contributed by atoms with E-state index in [1.54, 1.807) is 0 Å². The quantitative estimate of drug-likeness (QED) is 0.242. The monoisotopic (exact) mass is 523 g/mol. The van der Waals surface area contributed by atoms with Gasteiger partial charge in [0, 0.05) is 24.5 Å². The molecule has 0 radical (unpaired) electrons. The Labute approximate surface area is 217 Å². The molecular formula is C26H25N3O7S. The molecule has 37 heavy (non-hydrogen) atoms. The van der Waals surface area contributed by atoms with Gasteiger partial charge in [-0.05, 0) is 41.7 Å². The van der Waals surface area contributed by atoms with Crippen LogP contribution in [-0.2, 0) is 36.9 Å². The number of nitro benzene ring substituents is 1. The number of non-ortho nitro benzene ring substituents is 1. The van der Waals surface area contributed by atoms with Gasteiger partial charge in [0.05, 0.1) is 17.4 Å². The van der Waals surface area contributed by atoms with E-state index in [-0.39, 0.29) is 42.3 Å². The molecule has 1 N–H and O–H groups in total. The number of nitrogens with zero attached hydrogens (tertiary/aromatic N) is 2. The summed E-state index contributed by atoms with van der Waals surface area (Å²) in [6.45, 7) is 0.482. The number of thioether (sulfide) groups is 1. The second kappa shape index (κ2) is 10.7. The van der Waals surface area contributed by atoms with Gasteiger partial charge in [-0.25, -0.2) is 4.79 Å². The van der Waals surface area contributed by atoms with Crippen molar-refractivity contribution in [3.8, 4) is 0 Å². The van der Waals surface area contributed by atoms with Crippen molar-refractivity contribution in [3.05, 3.63) is 87.1 Å². The molecule has 0 spiro atoms. The van der Waals surface area contributed by atoms with E-state index in [1.807, 2.05) is 30.3 Å². The number of β-lactam (4-membered cyclic amide) rings is 1. The number of amides is 2. The standard InChI is InChI=1S/C26H25N3O7S/c30-21(13-16-5-2-1-3-6-16)27-22-24(31)28-23(19(15-37-25(22)28)20-7-4-12-35-20)26(32)36-14-17-8-10-18(11-9-17)29(33)34/h1-3,5-6,8-11,20,22,25H,4,7,12-15H2,(H,27,30). The van der Waals surface area contributed by atoms with E-state index in [0.717, 1.165) is 24.0 Å². The molecule has 11 heteroatoms. The number of carbonyl (C=O) groups excluding carboxylic acids is 3. The van der Waals surface area contributed by atoms with Crippen LogP contribution in [0.2, 0.25) is 0 Å². The van der Waals surface area contributed by atoms with Crippen LogP contribution in [-0.4, -0.2) is 57.5 Å². The average molecular weight is 524 g/mol. The van der Waals surface area contributed by atoms with Crippen LogP contribution in [0.15, 0.2) is 65.9 Å². The molecule has 192 valence electrons. The van der Waals surface area contributed by atoms with Gasteiger partial charge in [0.1, 0.15) is 23.7 Å². The van der Waals surface area contributed by atoms with Gasteiger partial charge in [0.2, 0.25) is 5.91 Å². The molecule has 3 unspecified atom stereocenters. The molecule has 2 fully saturated rings. The lowest BCUT2D eigenvalue weighted by atomic mass is 9.99. The van der Waals surface area contributed by atoms with Gasteiger partial charge in [0.15, 0.2) is 0 Å². The van der Waals surface area contributed by atoms with Crippen molar-refractivity contribution in [2.24, 2.45) is 0 Å². The minimum absolute atomic E-state index is 0.0582. The molecule has 10 nitrogen and oxygen atoms in total. The van der Waals surface area contributed by atoms with Gasteiger partial charge in [0.25, 0.3) is 11.6 Å². The van der Waals surface area contributed by atoms with Crippen LogP contribution in [0, 0.1) is 10.1 Å². The van der Waals surface area contributed by atoms with Crippen LogP contribution >= 0.6 is 11.8 Å². The molecule has 2 saturated heterocycles. The predicted octanol–water partition coefficient (Wildman–Crippen LogP) is 2.71. The fourth-order valence-electron chi connectivity index (χ4n) is 4.67. The van der Waals surface area contributed by atoms with E-state index in [9.17, 15) is 24.5 Å². The second-order valence-electron chi connectivity index (χ2n) is 8.99. The maximum Gasteiger partial charge on any atom is 0.355 e. The third-order valence-corrected chi connectivity index (χ3v) is 7.85. The first kappa shape index (κ1) is 25.0. The lowest BCUT2D eigenvalue weighted by Gasteiger charge is -2.50. The highest BCUT2D eigenvalue weighted by Crippen LogP contribution is 2.43. The Morgan fingerprint density at radius 1 is 1.14 bits per heavy atom. The number of nitrogens with one attached hydrogen (secondary N) is 1. The summed E-state index contributed by atoms with van der Waals surface area (Å²) in [6, 6.07) is 14.3. The fraction of sp³-hybridized carbons (Fsp3) is 0.346. The van der Waals surface area contributed by atoms with Crippen molar-refractivity contribution in [2.75, 3.05) is 12.4 Å². The molecule has 2 aromatic carbocycles. The number of rotatable bonds is 8. The molecule has 3 heterocycles. The third-order valence-electron chi connectivity index (χ3n) is 6.55. The van der Waals surface area contributed by atoms with E-state index < -0.39 is 22.3 Å². The van der Waals surface area contributed by atoms with Crippen LogP contribution in [0.5, 0.6) is 0 Å². The highest BCUT2D eigenvalue weighted by atomic mass is 32.2. The molecule has 3 aliphatic rings. The molecule has 2 amide bonds. The number of hydrogen-bond acceptors (Lipinski definition) is 8. The molecular weight excluding hydrogens is 498 g/mol. The molecule has 0 aliphatic carbocycles. The Morgan fingerprint density at radius 3 is 2.57 bits per heavy atom. The molecule has 0 bridgehead atoms. The highest BCUT2D eigenvalue weighted by Gasteiger charge is 2.55. The Hall–Kier alpha value is -3.70. The van der Waals surface area contributed by atoms with Crippen molar-refractivity contribution in [2.45, 2.75) is 43.4 Å². The minimum Gasteiger partial charge on any atom is -0.456 e. The van der Waals surface area contributed by atoms with Crippen LogP contribution in [0.1, 0.15) is 24.0 Å². The lowest BCUT2D eigenvalue weighted by Crippen LogP contribution is -2.71. The van der Waals surface area contributed by atoms with Crippen LogP contribution in [0.4, 0.5) is 5.69 Å². The molecule has 5 rings (SSSR count). The van der Waals surface area contributed by atoms with Gasteiger partial charge >= 0.3 is 5.97 Å². The minimum atomic E-state index is -0.732. The van der Waals surface area contributed by atoms with Crippen molar-refractivity contribution in [1.82, 2.24) is 10.2 Å². The predicted molar refractivity (Wildman–Crippen MR) is 134 cm³/mol. The summed E-state index contributed by atoms with van der Waals surface area (Å²) in [6.07, 6.45) is 1.50. The lowest BCUT2D eigenvalue weighted by molar-refractivity contribution is -0.384. The summed E-state index contributed by atoms with van der Waals surface area (Å²) in [5, 5.41) is 13.3. The second-order valence-corrected chi connectivity index (χ2v) is 10.1. The van der Waals surface area contributed by atoms with Gasteiger partial charge in [-0.1, -0.05) is 30.3 Å². The van der Waals surface area contributed by atoms with E-state index in [0.29, 0.717) is 17.9 Å². The molecule has 3 atom stereocenters. The summed E-state index contributed by atoms with van der Waals surface area (Å²) in [5.74, 6) is -0.805. The molecule has 0 saturated carbocycles. The van der Waals surface area contributed by atoms with Gasteiger partial charge in [-0.2, -0.15) is 0 Å². The SMILES string of the molecule is O=C(Cc1ccccc1)NC1C(=O)N2C(C(=O)OCc3ccc([N+](=O)[O-])cc3)=C(C3CCCO3)CSC12. The van der Waals surface area contributed by atoms with E-state index in [2.05, 4.69) is 5.32 Å². The van der Waals surface area contributed by atoms with Crippen molar-refractivity contribution >= 4 is 35.2 Å². The molecule has 3 aliphatic heterocycles. The summed E-state index contributed by atoms with van der Waals surface area (Å²) >= 11 is 1.49. The Bertz CT molecular complexity index is 1240. The van der Waals surface area contributed by atoms with Crippen LogP contribution < -0.4 is 5.32 Å². The maximum absolute atomic E-state index is 13.3. The Kier molecular flexibility index (Phi) is 7.24. The van der Waals surface area contributed by atoms with Crippen LogP contribution in [0.25, 0.3) is 0 Å². The topological polar surface area (TPSA) is 128 Å². The van der Waals surface area contributed by atoms with Gasteiger partial charge < -0.3 is 14.8 Å². The summed E-state index contributed by atoms with van der Waals surface area (Å²) in [4.78, 5) is 50.8. The number of benzene rings is 2. The Morgan fingerprint density at radius 2 is 1.89 bits per heavy atom. The van der Waals surface area contributed by atoms with Crippen LogP contribution in [0.3, 0.4) is 0 Å². The zero-order valence-electron chi connectivity index (χ0n) is 19.8. The zero-order chi connectivity index (χ0) is 25.9. The summed E-state index contributed by atoms with van der Waals surface area (Å²) in [7, 11) is 0. The number of esters is 1. The van der Waals surface area contributed by atoms with E-state index in [1.165, 1.54) is 40.9 Å². The summed E-state index contributed by atoms with van der Waals surface area (Å²) in [5.41, 5.74) is 2.26. The third kappa shape index (κ3) is 5.23.